The Kier molecular flexibility index (Phi) is 4.28. The number of rotatable bonds is 4. The molecule has 5 nitrogen and oxygen atoms in total. The summed E-state index contributed by atoms with van der Waals surface area (Å²) in [4.78, 5) is 22.5. The van der Waals surface area contributed by atoms with Gasteiger partial charge in [0.25, 0.3) is 0 Å². The Hall–Kier alpha value is -3.60. The Labute approximate surface area is 169 Å². The van der Waals surface area contributed by atoms with Crippen molar-refractivity contribution in [3.05, 3.63) is 84.2 Å². The monoisotopic (exact) mass is 382 g/mol. The molecule has 1 atom stereocenters. The van der Waals surface area contributed by atoms with Crippen LogP contribution in [-0.2, 0) is 17.6 Å². The molecule has 1 aliphatic rings. The second-order valence-corrected chi connectivity index (χ2v) is 7.54. The van der Waals surface area contributed by atoms with Crippen molar-refractivity contribution >= 4 is 34.0 Å². The summed E-state index contributed by atoms with van der Waals surface area (Å²) in [5, 5.41) is 3.99. The Balaban J connectivity index is 1.30. The molecule has 4 aromatic rings. The lowest BCUT2D eigenvalue weighted by molar-refractivity contribution is -0.115. The van der Waals surface area contributed by atoms with Gasteiger partial charge in [0.15, 0.2) is 0 Å². The first-order chi connectivity index (χ1) is 14.2. The zero-order valence-corrected chi connectivity index (χ0v) is 16.2. The maximum Gasteiger partial charge on any atom is 0.230 e. The third kappa shape index (κ3) is 3.25. The fourth-order valence-corrected chi connectivity index (χ4v) is 4.20. The fraction of sp³-hybridized carbons (Fsp3) is 0.167. The van der Waals surface area contributed by atoms with Gasteiger partial charge in [-0.3, -0.25) is 4.79 Å². The smallest absolute Gasteiger partial charge is 0.230 e. The molecule has 0 spiro atoms. The summed E-state index contributed by atoms with van der Waals surface area (Å²) in [6.45, 7) is 2.22. The Bertz CT molecular complexity index is 1180. The number of H-pyrrole nitrogens is 1. The number of aromatic amines is 1. The van der Waals surface area contributed by atoms with Crippen molar-refractivity contribution in [2.75, 3.05) is 10.2 Å². The molecular weight excluding hydrogens is 360 g/mol. The van der Waals surface area contributed by atoms with Crippen molar-refractivity contribution in [3.8, 4) is 0 Å². The van der Waals surface area contributed by atoms with Gasteiger partial charge < -0.3 is 15.2 Å². The summed E-state index contributed by atoms with van der Waals surface area (Å²) in [5.41, 5.74) is 5.65. The van der Waals surface area contributed by atoms with Crippen LogP contribution in [0.15, 0.2) is 73.1 Å². The minimum atomic E-state index is -0.0742. The maximum absolute atomic E-state index is 12.5. The third-order valence-electron chi connectivity index (χ3n) is 5.53. The van der Waals surface area contributed by atoms with Crippen molar-refractivity contribution in [3.63, 3.8) is 0 Å². The Morgan fingerprint density at radius 3 is 2.83 bits per heavy atom. The quantitative estimate of drug-likeness (QED) is 0.532. The number of fused-ring (bicyclic) bond motifs is 2. The van der Waals surface area contributed by atoms with Crippen molar-refractivity contribution in [1.29, 1.82) is 0 Å². The highest BCUT2D eigenvalue weighted by Gasteiger charge is 2.26. The van der Waals surface area contributed by atoms with Gasteiger partial charge in [-0.15, -0.1) is 0 Å². The number of pyridine rings is 1. The van der Waals surface area contributed by atoms with Gasteiger partial charge in [0.05, 0.1) is 18.3 Å². The molecule has 5 rings (SSSR count). The lowest BCUT2D eigenvalue weighted by atomic mass is 10.1. The van der Waals surface area contributed by atoms with Gasteiger partial charge in [-0.2, -0.15) is 0 Å². The molecule has 29 heavy (non-hydrogen) atoms. The molecule has 1 amide bonds. The SMILES string of the molecule is CC1Cc2ccccc2N1c1ccc(NC(=O)Cc2c[nH]c3ccccc23)nc1. The summed E-state index contributed by atoms with van der Waals surface area (Å²) in [6, 6.07) is 20.7. The highest BCUT2D eigenvalue weighted by atomic mass is 16.1. The zero-order chi connectivity index (χ0) is 19.8. The van der Waals surface area contributed by atoms with E-state index in [-0.39, 0.29) is 5.91 Å². The molecule has 0 aliphatic carbocycles. The molecule has 0 saturated heterocycles. The molecule has 2 aromatic heterocycles. The van der Waals surface area contributed by atoms with Gasteiger partial charge in [-0.25, -0.2) is 4.98 Å². The zero-order valence-electron chi connectivity index (χ0n) is 16.2. The molecule has 2 aromatic carbocycles. The Morgan fingerprint density at radius 2 is 1.97 bits per heavy atom. The molecule has 3 heterocycles. The number of anilines is 3. The second-order valence-electron chi connectivity index (χ2n) is 7.54. The van der Waals surface area contributed by atoms with E-state index in [1.807, 2.05) is 48.8 Å². The van der Waals surface area contributed by atoms with E-state index < -0.39 is 0 Å². The lowest BCUT2D eigenvalue weighted by Crippen LogP contribution is -2.24. The van der Waals surface area contributed by atoms with Crippen LogP contribution < -0.4 is 10.2 Å². The van der Waals surface area contributed by atoms with Crippen LogP contribution in [0.2, 0.25) is 0 Å². The molecule has 5 heteroatoms. The van der Waals surface area contributed by atoms with E-state index >= 15 is 0 Å². The number of para-hydroxylation sites is 2. The number of carbonyl (C=O) groups excluding carboxylic acids is 1. The van der Waals surface area contributed by atoms with Crippen LogP contribution in [0, 0.1) is 0 Å². The van der Waals surface area contributed by atoms with E-state index in [9.17, 15) is 4.79 Å². The van der Waals surface area contributed by atoms with E-state index in [1.165, 1.54) is 11.3 Å². The number of carbonyl (C=O) groups is 1. The molecule has 0 saturated carbocycles. The summed E-state index contributed by atoms with van der Waals surface area (Å²) in [7, 11) is 0. The molecule has 0 fully saturated rings. The maximum atomic E-state index is 12.5. The minimum absolute atomic E-state index is 0.0742. The van der Waals surface area contributed by atoms with Gasteiger partial charge in [0, 0.05) is 28.8 Å². The van der Waals surface area contributed by atoms with E-state index in [4.69, 9.17) is 0 Å². The predicted molar refractivity (Wildman–Crippen MR) is 117 cm³/mol. The van der Waals surface area contributed by atoms with Crippen molar-refractivity contribution in [2.24, 2.45) is 0 Å². The van der Waals surface area contributed by atoms with Crippen LogP contribution in [0.25, 0.3) is 10.9 Å². The van der Waals surface area contributed by atoms with Gasteiger partial charge in [-0.05, 0) is 48.7 Å². The fourth-order valence-electron chi connectivity index (χ4n) is 4.20. The molecule has 1 aliphatic heterocycles. The molecule has 2 N–H and O–H groups in total. The summed E-state index contributed by atoms with van der Waals surface area (Å²) < 4.78 is 0. The topological polar surface area (TPSA) is 61.0 Å². The largest absolute Gasteiger partial charge is 0.361 e. The average molecular weight is 382 g/mol. The van der Waals surface area contributed by atoms with Crippen LogP contribution in [0.4, 0.5) is 17.2 Å². The summed E-state index contributed by atoms with van der Waals surface area (Å²) >= 11 is 0. The number of nitrogens with one attached hydrogen (secondary N) is 2. The van der Waals surface area contributed by atoms with Crippen molar-refractivity contribution < 1.29 is 4.79 Å². The third-order valence-corrected chi connectivity index (χ3v) is 5.53. The van der Waals surface area contributed by atoms with E-state index in [0.29, 0.717) is 18.3 Å². The number of hydrogen-bond donors (Lipinski definition) is 2. The lowest BCUT2D eigenvalue weighted by Gasteiger charge is -2.24. The summed E-state index contributed by atoms with van der Waals surface area (Å²) in [6.07, 6.45) is 5.07. The van der Waals surface area contributed by atoms with Crippen LogP contribution in [-0.4, -0.2) is 21.9 Å². The average Bonchev–Trinajstić information content (AvgIpc) is 3.29. The van der Waals surface area contributed by atoms with E-state index in [2.05, 4.69) is 51.4 Å². The summed E-state index contributed by atoms with van der Waals surface area (Å²) in [5.74, 6) is 0.494. The molecule has 1 unspecified atom stereocenters. The van der Waals surface area contributed by atoms with Crippen molar-refractivity contribution in [1.82, 2.24) is 9.97 Å². The number of hydrogen-bond acceptors (Lipinski definition) is 3. The molecular formula is C24H22N4O. The van der Waals surface area contributed by atoms with Crippen LogP contribution in [0.3, 0.4) is 0 Å². The van der Waals surface area contributed by atoms with Gasteiger partial charge in [0.2, 0.25) is 5.91 Å². The van der Waals surface area contributed by atoms with E-state index in [0.717, 1.165) is 28.6 Å². The number of benzene rings is 2. The van der Waals surface area contributed by atoms with Gasteiger partial charge in [0.1, 0.15) is 5.82 Å². The van der Waals surface area contributed by atoms with Crippen molar-refractivity contribution in [2.45, 2.75) is 25.8 Å². The van der Waals surface area contributed by atoms with Crippen LogP contribution in [0.5, 0.6) is 0 Å². The predicted octanol–water partition coefficient (Wildman–Crippen LogP) is 4.83. The first-order valence-electron chi connectivity index (χ1n) is 9.87. The van der Waals surface area contributed by atoms with Crippen LogP contribution >= 0.6 is 0 Å². The Morgan fingerprint density at radius 1 is 1.14 bits per heavy atom. The molecule has 0 bridgehead atoms. The van der Waals surface area contributed by atoms with E-state index in [1.54, 1.807) is 0 Å². The first-order valence-corrected chi connectivity index (χ1v) is 9.87. The number of nitrogens with zero attached hydrogens (tertiary/aromatic N) is 2. The number of amides is 1. The van der Waals surface area contributed by atoms with Gasteiger partial charge >= 0.3 is 0 Å². The molecule has 0 radical (unpaired) electrons. The standard InChI is InChI=1S/C24H22N4O/c1-16-12-17-6-2-5-9-22(17)28(16)19-10-11-23(26-15-19)27-24(29)13-18-14-25-21-8-4-3-7-20(18)21/h2-11,14-16,25H,12-13H2,1H3,(H,26,27,29). The number of aromatic nitrogens is 2. The normalized spacial score (nSPS) is 15.5. The second kappa shape index (κ2) is 7.09. The minimum Gasteiger partial charge on any atom is -0.361 e. The van der Waals surface area contributed by atoms with Crippen LogP contribution in [0.1, 0.15) is 18.1 Å². The molecule has 144 valence electrons. The first kappa shape index (κ1) is 17.5. The highest BCUT2D eigenvalue weighted by molar-refractivity contribution is 5.95. The highest BCUT2D eigenvalue weighted by Crippen LogP contribution is 2.37. The van der Waals surface area contributed by atoms with Gasteiger partial charge in [-0.1, -0.05) is 36.4 Å².